The summed E-state index contributed by atoms with van der Waals surface area (Å²) in [5.41, 5.74) is 1.92. The Morgan fingerprint density at radius 2 is 1.88 bits per heavy atom. The van der Waals surface area contributed by atoms with E-state index in [1.54, 1.807) is 18.0 Å². The standard InChI is InChI=1S/C21H19ClN2O/c1-4-14(2)24(3)21(25)19-13-15-9-5-6-10-16(15)20(23-19)17-11-7-8-12-18(17)22/h4-14H,1H2,2-3H3. The summed E-state index contributed by atoms with van der Waals surface area (Å²) in [6, 6.07) is 17.2. The number of carbonyl (C=O) groups excluding carboxylic acids is 1. The lowest BCUT2D eigenvalue weighted by Gasteiger charge is -2.22. The van der Waals surface area contributed by atoms with Gasteiger partial charge in [-0.25, -0.2) is 4.98 Å². The van der Waals surface area contributed by atoms with Crippen molar-refractivity contribution in [1.82, 2.24) is 9.88 Å². The topological polar surface area (TPSA) is 33.2 Å². The molecule has 25 heavy (non-hydrogen) atoms. The van der Waals surface area contributed by atoms with Crippen LogP contribution in [0.4, 0.5) is 0 Å². The van der Waals surface area contributed by atoms with Crippen molar-refractivity contribution < 1.29 is 4.79 Å². The van der Waals surface area contributed by atoms with Crippen LogP contribution in [0.5, 0.6) is 0 Å². The molecular weight excluding hydrogens is 332 g/mol. The molecule has 0 spiro atoms. The molecule has 1 atom stereocenters. The van der Waals surface area contributed by atoms with E-state index in [2.05, 4.69) is 11.6 Å². The lowest BCUT2D eigenvalue weighted by molar-refractivity contribution is 0.0764. The fraction of sp³-hybridized carbons (Fsp3) is 0.143. The van der Waals surface area contributed by atoms with Crippen molar-refractivity contribution in [3.63, 3.8) is 0 Å². The number of hydrogen-bond acceptors (Lipinski definition) is 2. The quantitative estimate of drug-likeness (QED) is 0.606. The minimum atomic E-state index is -0.147. The predicted octanol–water partition coefficient (Wildman–Crippen LogP) is 5.20. The number of aromatic nitrogens is 1. The lowest BCUT2D eigenvalue weighted by atomic mass is 10.0. The maximum absolute atomic E-state index is 12.8. The molecule has 1 amide bonds. The molecule has 0 radical (unpaired) electrons. The third kappa shape index (κ3) is 3.28. The van der Waals surface area contributed by atoms with Gasteiger partial charge < -0.3 is 4.90 Å². The molecule has 0 aliphatic heterocycles. The molecule has 4 heteroatoms. The van der Waals surface area contributed by atoms with Gasteiger partial charge in [-0.2, -0.15) is 0 Å². The number of benzene rings is 2. The molecule has 3 nitrogen and oxygen atoms in total. The van der Waals surface area contributed by atoms with E-state index in [0.29, 0.717) is 16.4 Å². The van der Waals surface area contributed by atoms with Crippen molar-refractivity contribution in [3.05, 3.63) is 78.0 Å². The maximum atomic E-state index is 12.8. The number of nitrogens with zero attached hydrogens (tertiary/aromatic N) is 2. The van der Waals surface area contributed by atoms with Crippen molar-refractivity contribution in [1.29, 1.82) is 0 Å². The van der Waals surface area contributed by atoms with Gasteiger partial charge in [0.25, 0.3) is 5.91 Å². The van der Waals surface area contributed by atoms with Gasteiger partial charge in [-0.3, -0.25) is 4.79 Å². The third-order valence-corrected chi connectivity index (χ3v) is 4.69. The van der Waals surface area contributed by atoms with E-state index in [1.807, 2.05) is 61.5 Å². The summed E-state index contributed by atoms with van der Waals surface area (Å²) in [5, 5.41) is 2.53. The van der Waals surface area contributed by atoms with Crippen LogP contribution in [0.3, 0.4) is 0 Å². The fourth-order valence-corrected chi connectivity index (χ4v) is 2.92. The van der Waals surface area contributed by atoms with Crippen molar-refractivity contribution >= 4 is 28.3 Å². The van der Waals surface area contributed by atoms with E-state index in [1.165, 1.54) is 0 Å². The summed E-state index contributed by atoms with van der Waals surface area (Å²) in [4.78, 5) is 19.1. The van der Waals surface area contributed by atoms with Crippen LogP contribution in [-0.2, 0) is 0 Å². The summed E-state index contributed by atoms with van der Waals surface area (Å²) in [6.07, 6.45) is 1.73. The Balaban J connectivity index is 2.22. The highest BCUT2D eigenvalue weighted by atomic mass is 35.5. The minimum Gasteiger partial charge on any atom is -0.334 e. The van der Waals surface area contributed by atoms with Gasteiger partial charge in [-0.15, -0.1) is 6.58 Å². The predicted molar refractivity (Wildman–Crippen MR) is 104 cm³/mol. The van der Waals surface area contributed by atoms with Crippen LogP contribution in [-0.4, -0.2) is 28.9 Å². The molecule has 0 fully saturated rings. The van der Waals surface area contributed by atoms with Crippen molar-refractivity contribution in [2.45, 2.75) is 13.0 Å². The summed E-state index contributed by atoms with van der Waals surface area (Å²) in [6.45, 7) is 5.67. The van der Waals surface area contributed by atoms with E-state index in [-0.39, 0.29) is 11.9 Å². The summed E-state index contributed by atoms with van der Waals surface area (Å²) >= 11 is 6.38. The number of likely N-dealkylation sites (N-methyl/N-ethyl adjacent to an activating group) is 1. The molecule has 1 unspecified atom stereocenters. The van der Waals surface area contributed by atoms with Gasteiger partial charge in [0.1, 0.15) is 5.69 Å². The first-order chi connectivity index (χ1) is 12.0. The van der Waals surface area contributed by atoms with E-state index in [9.17, 15) is 4.79 Å². The average Bonchev–Trinajstić information content (AvgIpc) is 2.65. The molecule has 0 aliphatic rings. The largest absolute Gasteiger partial charge is 0.334 e. The van der Waals surface area contributed by atoms with Gasteiger partial charge in [0.15, 0.2) is 0 Å². The van der Waals surface area contributed by atoms with Crippen molar-refractivity contribution in [2.24, 2.45) is 0 Å². The summed E-state index contributed by atoms with van der Waals surface area (Å²) < 4.78 is 0. The molecule has 0 N–H and O–H groups in total. The van der Waals surface area contributed by atoms with E-state index < -0.39 is 0 Å². The molecule has 0 aliphatic carbocycles. The van der Waals surface area contributed by atoms with Crippen LogP contribution in [0.25, 0.3) is 22.0 Å². The number of carbonyl (C=O) groups is 1. The number of hydrogen-bond donors (Lipinski definition) is 0. The monoisotopic (exact) mass is 350 g/mol. The van der Waals surface area contributed by atoms with Gasteiger partial charge in [0.05, 0.1) is 5.69 Å². The number of rotatable bonds is 4. The van der Waals surface area contributed by atoms with Gasteiger partial charge in [-0.1, -0.05) is 60.1 Å². The molecule has 1 aromatic heterocycles. The van der Waals surface area contributed by atoms with Crippen LogP contribution < -0.4 is 0 Å². The van der Waals surface area contributed by atoms with E-state index in [4.69, 9.17) is 11.6 Å². The van der Waals surface area contributed by atoms with E-state index in [0.717, 1.165) is 16.3 Å². The smallest absolute Gasteiger partial charge is 0.272 e. The van der Waals surface area contributed by atoms with Crippen LogP contribution in [0.15, 0.2) is 67.3 Å². The number of halogens is 1. The van der Waals surface area contributed by atoms with Crippen molar-refractivity contribution in [2.75, 3.05) is 7.05 Å². The number of fused-ring (bicyclic) bond motifs is 1. The first-order valence-corrected chi connectivity index (χ1v) is 8.45. The Morgan fingerprint density at radius 1 is 1.20 bits per heavy atom. The van der Waals surface area contributed by atoms with Crippen LogP contribution >= 0.6 is 11.6 Å². The SMILES string of the molecule is C=CC(C)N(C)C(=O)c1cc2ccccc2c(-c2ccccc2Cl)n1. The third-order valence-electron chi connectivity index (χ3n) is 4.36. The summed E-state index contributed by atoms with van der Waals surface area (Å²) in [5.74, 6) is -0.147. The van der Waals surface area contributed by atoms with E-state index >= 15 is 0 Å². The van der Waals surface area contributed by atoms with Crippen LogP contribution in [0, 0.1) is 0 Å². The van der Waals surface area contributed by atoms with Crippen LogP contribution in [0.1, 0.15) is 17.4 Å². The zero-order chi connectivity index (χ0) is 18.0. The molecule has 126 valence electrons. The normalized spacial score (nSPS) is 12.0. The second kappa shape index (κ2) is 7.08. The molecule has 0 saturated carbocycles. The minimum absolute atomic E-state index is 0.0791. The molecular formula is C21H19ClN2O. The molecule has 1 heterocycles. The molecule has 0 saturated heterocycles. The number of pyridine rings is 1. The molecule has 2 aromatic carbocycles. The first kappa shape index (κ1) is 17.2. The Bertz CT molecular complexity index is 952. The van der Waals surface area contributed by atoms with Crippen molar-refractivity contribution in [3.8, 4) is 11.3 Å². The van der Waals surface area contributed by atoms with Gasteiger partial charge >= 0.3 is 0 Å². The summed E-state index contributed by atoms with van der Waals surface area (Å²) in [7, 11) is 1.75. The van der Waals surface area contributed by atoms with Gasteiger partial charge in [-0.05, 0) is 24.4 Å². The Hall–Kier alpha value is -2.65. The number of amides is 1. The van der Waals surface area contributed by atoms with Crippen LogP contribution in [0.2, 0.25) is 5.02 Å². The highest BCUT2D eigenvalue weighted by Gasteiger charge is 2.19. The molecule has 3 aromatic rings. The lowest BCUT2D eigenvalue weighted by Crippen LogP contribution is -2.34. The highest BCUT2D eigenvalue weighted by Crippen LogP contribution is 2.32. The first-order valence-electron chi connectivity index (χ1n) is 8.07. The zero-order valence-corrected chi connectivity index (χ0v) is 15.0. The Kier molecular flexibility index (Phi) is 4.86. The highest BCUT2D eigenvalue weighted by molar-refractivity contribution is 6.33. The second-order valence-electron chi connectivity index (χ2n) is 5.95. The Labute approximate surface area is 152 Å². The molecule has 3 rings (SSSR count). The van der Waals surface area contributed by atoms with Gasteiger partial charge in [0, 0.05) is 29.1 Å². The molecule has 0 bridgehead atoms. The fourth-order valence-electron chi connectivity index (χ4n) is 2.69. The average molecular weight is 351 g/mol. The zero-order valence-electron chi connectivity index (χ0n) is 14.2. The Morgan fingerprint density at radius 3 is 2.60 bits per heavy atom. The second-order valence-corrected chi connectivity index (χ2v) is 6.36. The van der Waals surface area contributed by atoms with Gasteiger partial charge in [0.2, 0.25) is 0 Å². The maximum Gasteiger partial charge on any atom is 0.272 e.